The van der Waals surface area contributed by atoms with Gasteiger partial charge in [0.1, 0.15) is 0 Å². The van der Waals surface area contributed by atoms with Crippen LogP contribution >= 0.6 is 11.6 Å². The molecule has 1 fully saturated rings. The first-order chi connectivity index (χ1) is 11.7. The van der Waals surface area contributed by atoms with Crippen LogP contribution in [0, 0.1) is 5.92 Å². The maximum atomic E-state index is 12.3. The normalized spacial score (nSPS) is 18.1. The van der Waals surface area contributed by atoms with Gasteiger partial charge in [-0.1, -0.05) is 11.6 Å². The lowest BCUT2D eigenvalue weighted by molar-refractivity contribution is -0.125. The number of aromatic amines is 1. The fourth-order valence-corrected chi connectivity index (χ4v) is 3.25. The highest BCUT2D eigenvalue weighted by atomic mass is 35.5. The minimum Gasteiger partial charge on any atom is -0.385 e. The van der Waals surface area contributed by atoms with Gasteiger partial charge in [-0.05, 0) is 37.5 Å². The number of aromatic nitrogens is 2. The molecule has 1 aliphatic rings. The number of H-pyrrole nitrogens is 1. The van der Waals surface area contributed by atoms with Crippen LogP contribution in [0.25, 0.3) is 11.0 Å². The van der Waals surface area contributed by atoms with E-state index in [9.17, 15) is 4.79 Å². The average molecular weight is 351 g/mol. The number of halogens is 1. The Labute approximate surface area is 146 Å². The second-order valence-electron chi connectivity index (χ2n) is 6.14. The predicted molar refractivity (Wildman–Crippen MR) is 95.5 cm³/mol. The summed E-state index contributed by atoms with van der Waals surface area (Å²) in [7, 11) is 1.67. The first-order valence-corrected chi connectivity index (χ1v) is 8.72. The number of ether oxygens (including phenoxy) is 1. The molecule has 0 bridgehead atoms. The molecule has 2 N–H and O–H groups in total. The van der Waals surface area contributed by atoms with Gasteiger partial charge < -0.3 is 19.9 Å². The predicted octanol–water partition coefficient (Wildman–Crippen LogP) is 2.59. The fourth-order valence-electron chi connectivity index (χ4n) is 3.07. The summed E-state index contributed by atoms with van der Waals surface area (Å²) in [5, 5.41) is 3.68. The van der Waals surface area contributed by atoms with Crippen molar-refractivity contribution in [2.75, 3.05) is 38.3 Å². The molecule has 7 heteroatoms. The second-order valence-corrected chi connectivity index (χ2v) is 6.58. The van der Waals surface area contributed by atoms with Gasteiger partial charge in [0.05, 0.1) is 17.0 Å². The van der Waals surface area contributed by atoms with Crippen LogP contribution in [0.2, 0.25) is 5.02 Å². The van der Waals surface area contributed by atoms with Crippen molar-refractivity contribution in [1.82, 2.24) is 15.3 Å². The molecule has 3 rings (SSSR count). The summed E-state index contributed by atoms with van der Waals surface area (Å²) >= 11 is 6.03. The molecule has 2 aromatic rings. The Kier molecular flexibility index (Phi) is 5.58. The van der Waals surface area contributed by atoms with E-state index in [2.05, 4.69) is 20.2 Å². The van der Waals surface area contributed by atoms with E-state index in [-0.39, 0.29) is 11.8 Å². The topological polar surface area (TPSA) is 70.2 Å². The first kappa shape index (κ1) is 17.0. The number of hydrogen-bond donors (Lipinski definition) is 2. The third-order valence-electron chi connectivity index (χ3n) is 4.35. The summed E-state index contributed by atoms with van der Waals surface area (Å²) in [5.74, 6) is 0.928. The van der Waals surface area contributed by atoms with Crippen molar-refractivity contribution in [3.05, 3.63) is 23.2 Å². The molecule has 0 aliphatic carbocycles. The third-order valence-corrected chi connectivity index (χ3v) is 4.58. The number of nitrogens with zero attached hydrogens (tertiary/aromatic N) is 2. The van der Waals surface area contributed by atoms with Crippen LogP contribution in [0.1, 0.15) is 19.3 Å². The zero-order chi connectivity index (χ0) is 16.9. The molecular formula is C17H23ClN4O2. The number of anilines is 1. The maximum absolute atomic E-state index is 12.3. The number of imidazole rings is 1. The highest BCUT2D eigenvalue weighted by molar-refractivity contribution is 6.31. The minimum absolute atomic E-state index is 0.00176. The Hall–Kier alpha value is -1.79. The van der Waals surface area contributed by atoms with E-state index in [0.717, 1.165) is 42.8 Å². The van der Waals surface area contributed by atoms with Gasteiger partial charge in [0.2, 0.25) is 11.9 Å². The van der Waals surface area contributed by atoms with E-state index >= 15 is 0 Å². The van der Waals surface area contributed by atoms with Crippen molar-refractivity contribution in [2.24, 2.45) is 5.92 Å². The van der Waals surface area contributed by atoms with Gasteiger partial charge in [-0.3, -0.25) is 4.79 Å². The summed E-state index contributed by atoms with van der Waals surface area (Å²) in [4.78, 5) is 22.4. The molecule has 1 amide bonds. The molecule has 24 heavy (non-hydrogen) atoms. The van der Waals surface area contributed by atoms with Gasteiger partial charge >= 0.3 is 0 Å². The molecule has 0 spiro atoms. The third kappa shape index (κ3) is 3.99. The van der Waals surface area contributed by atoms with Crippen LogP contribution in [0.4, 0.5) is 5.95 Å². The van der Waals surface area contributed by atoms with Gasteiger partial charge in [0.15, 0.2) is 0 Å². The van der Waals surface area contributed by atoms with Crippen molar-refractivity contribution >= 4 is 34.5 Å². The van der Waals surface area contributed by atoms with Crippen LogP contribution < -0.4 is 10.2 Å². The smallest absolute Gasteiger partial charge is 0.224 e. The van der Waals surface area contributed by atoms with Gasteiger partial charge in [-0.25, -0.2) is 4.98 Å². The Morgan fingerprint density at radius 3 is 3.25 bits per heavy atom. The van der Waals surface area contributed by atoms with Crippen molar-refractivity contribution < 1.29 is 9.53 Å². The highest BCUT2D eigenvalue weighted by Gasteiger charge is 2.27. The molecule has 0 saturated carbocycles. The van der Waals surface area contributed by atoms with Crippen molar-refractivity contribution in [2.45, 2.75) is 19.3 Å². The van der Waals surface area contributed by atoms with Crippen LogP contribution in [-0.2, 0) is 9.53 Å². The molecule has 1 aromatic heterocycles. The molecule has 130 valence electrons. The lowest BCUT2D eigenvalue weighted by atomic mass is 9.97. The number of rotatable bonds is 6. The van der Waals surface area contributed by atoms with E-state index in [0.29, 0.717) is 24.7 Å². The zero-order valence-electron chi connectivity index (χ0n) is 13.8. The number of methoxy groups -OCH3 is 1. The minimum atomic E-state index is -0.00176. The largest absolute Gasteiger partial charge is 0.385 e. The molecule has 1 unspecified atom stereocenters. The number of benzene rings is 1. The fraction of sp³-hybridized carbons (Fsp3) is 0.529. The van der Waals surface area contributed by atoms with E-state index in [4.69, 9.17) is 16.3 Å². The molecular weight excluding hydrogens is 328 g/mol. The first-order valence-electron chi connectivity index (χ1n) is 8.34. The summed E-state index contributed by atoms with van der Waals surface area (Å²) in [6.45, 7) is 2.91. The quantitative estimate of drug-likeness (QED) is 0.786. The summed E-state index contributed by atoms with van der Waals surface area (Å²) in [5.41, 5.74) is 1.81. The van der Waals surface area contributed by atoms with Gasteiger partial charge in [0, 0.05) is 38.4 Å². The molecule has 1 saturated heterocycles. The average Bonchev–Trinajstić information content (AvgIpc) is 3.02. The SMILES string of the molecule is COCCCNC(=O)C1CCCN(c2nc3ccc(Cl)cc3[nH]2)C1. The Morgan fingerprint density at radius 1 is 1.54 bits per heavy atom. The number of nitrogens with one attached hydrogen (secondary N) is 2. The monoisotopic (exact) mass is 350 g/mol. The molecule has 6 nitrogen and oxygen atoms in total. The van der Waals surface area contributed by atoms with Crippen LogP contribution in [0.15, 0.2) is 18.2 Å². The van der Waals surface area contributed by atoms with E-state index < -0.39 is 0 Å². The lowest BCUT2D eigenvalue weighted by Gasteiger charge is -2.31. The van der Waals surface area contributed by atoms with E-state index in [1.165, 1.54) is 0 Å². The molecule has 1 aliphatic heterocycles. The summed E-state index contributed by atoms with van der Waals surface area (Å²) in [6.07, 6.45) is 2.73. The van der Waals surface area contributed by atoms with Crippen LogP contribution in [0.3, 0.4) is 0 Å². The van der Waals surface area contributed by atoms with E-state index in [1.54, 1.807) is 7.11 Å². The highest BCUT2D eigenvalue weighted by Crippen LogP contribution is 2.25. The Bertz CT molecular complexity index is 703. The number of piperidine rings is 1. The number of carbonyl (C=O) groups is 1. The molecule has 1 atom stereocenters. The Morgan fingerprint density at radius 2 is 2.42 bits per heavy atom. The van der Waals surface area contributed by atoms with E-state index in [1.807, 2.05) is 18.2 Å². The summed E-state index contributed by atoms with van der Waals surface area (Å²) in [6, 6.07) is 5.61. The van der Waals surface area contributed by atoms with Crippen LogP contribution in [0.5, 0.6) is 0 Å². The van der Waals surface area contributed by atoms with Gasteiger partial charge in [-0.2, -0.15) is 0 Å². The molecule has 0 radical (unpaired) electrons. The van der Waals surface area contributed by atoms with Crippen molar-refractivity contribution in [3.8, 4) is 0 Å². The number of fused-ring (bicyclic) bond motifs is 1. The second kappa shape index (κ2) is 7.85. The lowest BCUT2D eigenvalue weighted by Crippen LogP contribution is -2.43. The zero-order valence-corrected chi connectivity index (χ0v) is 14.6. The Balaban J connectivity index is 1.62. The van der Waals surface area contributed by atoms with Crippen LogP contribution in [-0.4, -0.2) is 49.2 Å². The molecule has 1 aromatic carbocycles. The number of hydrogen-bond acceptors (Lipinski definition) is 4. The van der Waals surface area contributed by atoms with Crippen molar-refractivity contribution in [3.63, 3.8) is 0 Å². The maximum Gasteiger partial charge on any atom is 0.224 e. The number of amides is 1. The molecule has 2 heterocycles. The van der Waals surface area contributed by atoms with Crippen molar-refractivity contribution in [1.29, 1.82) is 0 Å². The van der Waals surface area contributed by atoms with Gasteiger partial charge in [-0.15, -0.1) is 0 Å². The van der Waals surface area contributed by atoms with Gasteiger partial charge in [0.25, 0.3) is 0 Å². The standard InChI is InChI=1S/C17H23ClN4O2/c1-24-9-3-7-19-16(23)12-4-2-8-22(11-12)17-20-14-6-5-13(18)10-15(14)21-17/h5-6,10,12H,2-4,7-9,11H2,1H3,(H,19,23)(H,20,21). The summed E-state index contributed by atoms with van der Waals surface area (Å²) < 4.78 is 5.00. The number of carbonyl (C=O) groups excluding carboxylic acids is 1.